The molecule has 0 unspecified atom stereocenters. The Kier molecular flexibility index (Phi) is 7.36. The Balaban J connectivity index is 1.09. The molecule has 0 atom stereocenters. The Labute approximate surface area is 223 Å². The maximum atomic E-state index is 12.9. The normalized spacial score (nSPS) is 15.8. The molecule has 0 radical (unpaired) electrons. The van der Waals surface area contributed by atoms with Gasteiger partial charge < -0.3 is 25.3 Å². The van der Waals surface area contributed by atoms with Crippen molar-refractivity contribution in [3.8, 4) is 0 Å². The fourth-order valence-electron chi connectivity index (χ4n) is 4.52. The van der Waals surface area contributed by atoms with Crippen LogP contribution in [0.3, 0.4) is 0 Å². The Bertz CT molecular complexity index is 1360. The van der Waals surface area contributed by atoms with Gasteiger partial charge in [-0.05, 0) is 35.2 Å². The Morgan fingerprint density at radius 3 is 2.26 bits per heavy atom. The molecule has 2 aromatic carbocycles. The molecule has 2 aliphatic heterocycles. The van der Waals surface area contributed by atoms with Crippen LogP contribution in [0.15, 0.2) is 54.6 Å². The maximum Gasteiger partial charge on any atom is 0.312 e. The minimum absolute atomic E-state index is 0.0340. The van der Waals surface area contributed by atoms with Crippen molar-refractivity contribution in [1.82, 2.24) is 25.3 Å². The van der Waals surface area contributed by atoms with Crippen molar-refractivity contribution < 1.29 is 24.0 Å². The van der Waals surface area contributed by atoms with Gasteiger partial charge in [0.05, 0.1) is 11.4 Å². The van der Waals surface area contributed by atoms with Gasteiger partial charge in [0, 0.05) is 56.1 Å². The summed E-state index contributed by atoms with van der Waals surface area (Å²) in [5.41, 5.74) is 1.19. The van der Waals surface area contributed by atoms with Crippen LogP contribution in [-0.4, -0.2) is 90.0 Å². The van der Waals surface area contributed by atoms with Crippen LogP contribution in [0.1, 0.15) is 25.6 Å². The summed E-state index contributed by atoms with van der Waals surface area (Å²) < 4.78 is 1.05. The predicted octanol–water partition coefficient (Wildman–Crippen LogP) is 1.07. The monoisotopic (exact) mass is 533 g/mol. The molecule has 0 aliphatic carbocycles. The molecular formula is C27H27N5O5S. The van der Waals surface area contributed by atoms with E-state index in [1.807, 2.05) is 30.3 Å². The lowest BCUT2D eigenvalue weighted by atomic mass is 10.1. The Hall–Kier alpha value is -4.25. The number of benzene rings is 2. The molecule has 0 saturated carbocycles. The third-order valence-electron chi connectivity index (χ3n) is 6.66. The Morgan fingerprint density at radius 2 is 1.55 bits per heavy atom. The van der Waals surface area contributed by atoms with Crippen molar-refractivity contribution in [1.29, 1.82) is 0 Å². The van der Waals surface area contributed by atoms with E-state index in [4.69, 9.17) is 0 Å². The minimum atomic E-state index is -0.714. The molecule has 2 fully saturated rings. The van der Waals surface area contributed by atoms with Gasteiger partial charge in [-0.3, -0.25) is 24.0 Å². The van der Waals surface area contributed by atoms with Crippen LogP contribution in [0.5, 0.6) is 0 Å². The van der Waals surface area contributed by atoms with E-state index < -0.39 is 11.8 Å². The number of thiophene rings is 1. The number of nitrogens with one attached hydrogen (secondary N) is 2. The number of piperazine rings is 2. The number of carbonyl (C=O) groups is 5. The number of hydrogen-bond acceptors (Lipinski definition) is 6. The van der Waals surface area contributed by atoms with Gasteiger partial charge >= 0.3 is 11.8 Å². The first-order valence-corrected chi connectivity index (χ1v) is 13.2. The van der Waals surface area contributed by atoms with Gasteiger partial charge in [0.2, 0.25) is 5.91 Å². The van der Waals surface area contributed by atoms with Crippen LogP contribution in [0.25, 0.3) is 10.1 Å². The first-order valence-electron chi connectivity index (χ1n) is 12.4. The highest BCUT2D eigenvalue weighted by molar-refractivity contribution is 7.20. The van der Waals surface area contributed by atoms with E-state index in [0.717, 1.165) is 15.6 Å². The molecule has 3 aromatic rings. The van der Waals surface area contributed by atoms with Crippen LogP contribution in [0.2, 0.25) is 0 Å². The highest BCUT2D eigenvalue weighted by atomic mass is 32.1. The van der Waals surface area contributed by atoms with Gasteiger partial charge in [0.15, 0.2) is 0 Å². The summed E-state index contributed by atoms with van der Waals surface area (Å²) in [6, 6.07) is 16.4. The summed E-state index contributed by atoms with van der Waals surface area (Å²) in [4.78, 5) is 67.5. The third-order valence-corrected chi connectivity index (χ3v) is 7.77. The number of fused-ring (bicyclic) bond motifs is 1. The van der Waals surface area contributed by atoms with Crippen LogP contribution in [0, 0.1) is 0 Å². The van der Waals surface area contributed by atoms with E-state index in [9.17, 15) is 24.0 Å². The van der Waals surface area contributed by atoms with Crippen molar-refractivity contribution >= 4 is 51.0 Å². The highest BCUT2D eigenvalue weighted by Gasteiger charge is 2.29. The second-order valence-corrected chi connectivity index (χ2v) is 10.3. The molecule has 10 nitrogen and oxygen atoms in total. The number of nitrogens with zero attached hydrogens (tertiary/aromatic N) is 3. The molecular weight excluding hydrogens is 506 g/mol. The average Bonchev–Trinajstić information content (AvgIpc) is 3.39. The van der Waals surface area contributed by atoms with Crippen molar-refractivity contribution in [3.63, 3.8) is 0 Å². The van der Waals surface area contributed by atoms with E-state index in [2.05, 4.69) is 10.6 Å². The lowest BCUT2D eigenvalue weighted by Crippen LogP contribution is -2.53. The standard InChI is InChI=1S/C27H27N5O5S/c33-23-17-32(10-9-28-23)25(35)19-7-5-18(6-8-19)16-29-24(34)27(37)31-13-11-30(12-14-31)26(36)22-15-20-3-1-2-4-21(20)38-22/h1-8,15H,9-14,16-17H2,(H,28,33)(H,29,34). The smallest absolute Gasteiger partial charge is 0.312 e. The van der Waals surface area contributed by atoms with Crippen molar-refractivity contribution in [3.05, 3.63) is 70.6 Å². The van der Waals surface area contributed by atoms with E-state index in [-0.39, 0.29) is 43.9 Å². The summed E-state index contributed by atoms with van der Waals surface area (Å²) in [7, 11) is 0. The van der Waals surface area contributed by atoms with Crippen molar-refractivity contribution in [2.75, 3.05) is 45.8 Å². The first kappa shape index (κ1) is 25.4. The molecule has 11 heteroatoms. The second-order valence-electron chi connectivity index (χ2n) is 9.19. The van der Waals surface area contributed by atoms with Gasteiger partial charge in [-0.25, -0.2) is 0 Å². The molecule has 5 amide bonds. The highest BCUT2D eigenvalue weighted by Crippen LogP contribution is 2.26. The van der Waals surface area contributed by atoms with Gasteiger partial charge in [0.1, 0.15) is 0 Å². The van der Waals surface area contributed by atoms with E-state index >= 15 is 0 Å². The molecule has 2 aliphatic rings. The quantitative estimate of drug-likeness (QED) is 0.487. The summed E-state index contributed by atoms with van der Waals surface area (Å²) in [6.07, 6.45) is 0. The molecule has 2 saturated heterocycles. The fourth-order valence-corrected chi connectivity index (χ4v) is 5.55. The third kappa shape index (κ3) is 5.52. The SMILES string of the molecule is O=C1CN(C(=O)c2ccc(CNC(=O)C(=O)N3CCN(C(=O)c4cc5ccccc5s4)CC3)cc2)CCN1. The zero-order valence-corrected chi connectivity index (χ0v) is 21.5. The Morgan fingerprint density at radius 1 is 0.842 bits per heavy atom. The van der Waals surface area contributed by atoms with E-state index in [1.165, 1.54) is 21.1 Å². The first-order chi connectivity index (χ1) is 18.4. The van der Waals surface area contributed by atoms with Crippen molar-refractivity contribution in [2.24, 2.45) is 0 Å². The van der Waals surface area contributed by atoms with Gasteiger partial charge in [-0.1, -0.05) is 30.3 Å². The summed E-state index contributed by atoms with van der Waals surface area (Å²) in [5.74, 6) is -1.82. The maximum absolute atomic E-state index is 12.9. The van der Waals surface area contributed by atoms with Gasteiger partial charge in [-0.15, -0.1) is 11.3 Å². The van der Waals surface area contributed by atoms with Crippen LogP contribution >= 0.6 is 11.3 Å². The molecule has 196 valence electrons. The average molecular weight is 534 g/mol. The molecule has 38 heavy (non-hydrogen) atoms. The fraction of sp³-hybridized carbons (Fsp3) is 0.296. The lowest BCUT2D eigenvalue weighted by molar-refractivity contribution is -0.146. The number of carbonyl (C=O) groups excluding carboxylic acids is 5. The minimum Gasteiger partial charge on any atom is -0.353 e. The van der Waals surface area contributed by atoms with Crippen LogP contribution < -0.4 is 10.6 Å². The van der Waals surface area contributed by atoms with Crippen LogP contribution in [-0.2, 0) is 20.9 Å². The summed E-state index contributed by atoms with van der Waals surface area (Å²) >= 11 is 1.45. The molecule has 1 aromatic heterocycles. The number of hydrogen-bond donors (Lipinski definition) is 2. The number of amides is 5. The molecule has 5 rings (SSSR count). The summed E-state index contributed by atoms with van der Waals surface area (Å²) in [6.45, 7) is 2.35. The van der Waals surface area contributed by atoms with E-state index in [1.54, 1.807) is 29.2 Å². The molecule has 0 spiro atoms. The largest absolute Gasteiger partial charge is 0.353 e. The zero-order chi connectivity index (χ0) is 26.6. The predicted molar refractivity (Wildman–Crippen MR) is 142 cm³/mol. The lowest BCUT2D eigenvalue weighted by Gasteiger charge is -2.34. The van der Waals surface area contributed by atoms with Crippen LogP contribution in [0.4, 0.5) is 0 Å². The zero-order valence-electron chi connectivity index (χ0n) is 20.6. The topological polar surface area (TPSA) is 119 Å². The van der Waals surface area contributed by atoms with E-state index in [0.29, 0.717) is 36.6 Å². The van der Waals surface area contributed by atoms with Crippen molar-refractivity contribution in [2.45, 2.75) is 6.54 Å². The second kappa shape index (κ2) is 11.0. The molecule has 2 N–H and O–H groups in total. The molecule has 3 heterocycles. The number of rotatable bonds is 4. The summed E-state index contributed by atoms with van der Waals surface area (Å²) in [5, 5.41) is 6.35. The molecule has 0 bridgehead atoms. The van der Waals surface area contributed by atoms with Gasteiger partial charge in [-0.2, -0.15) is 0 Å². The van der Waals surface area contributed by atoms with Gasteiger partial charge in [0.25, 0.3) is 11.8 Å².